The molecule has 1 aromatic carbocycles. The van der Waals surface area contributed by atoms with Crippen molar-refractivity contribution in [3.8, 4) is 0 Å². The van der Waals surface area contributed by atoms with Crippen molar-refractivity contribution in [2.75, 3.05) is 11.9 Å². The minimum Gasteiger partial charge on any atom is -0.325 e. The number of benzene rings is 1. The summed E-state index contributed by atoms with van der Waals surface area (Å²) in [5, 5.41) is 2.63. The zero-order chi connectivity index (χ0) is 17.3. The van der Waals surface area contributed by atoms with Crippen LogP contribution in [0.3, 0.4) is 0 Å². The van der Waals surface area contributed by atoms with Gasteiger partial charge in [0.05, 0.1) is 11.8 Å². The van der Waals surface area contributed by atoms with Crippen molar-refractivity contribution >= 4 is 29.2 Å². The lowest BCUT2D eigenvalue weighted by atomic mass is 9.85. The Hall–Kier alpha value is -2.76. The maximum atomic E-state index is 12.3. The third kappa shape index (κ3) is 2.99. The van der Waals surface area contributed by atoms with Gasteiger partial charge in [-0.25, -0.2) is 0 Å². The van der Waals surface area contributed by atoms with E-state index in [0.717, 1.165) is 4.90 Å². The molecule has 1 heterocycles. The summed E-state index contributed by atoms with van der Waals surface area (Å²) in [6.45, 7) is 1.15. The molecule has 0 radical (unpaired) electrons. The molecule has 2 atom stereocenters. The first-order valence-corrected chi connectivity index (χ1v) is 7.88. The van der Waals surface area contributed by atoms with E-state index in [1.165, 1.54) is 6.92 Å². The molecule has 24 heavy (non-hydrogen) atoms. The van der Waals surface area contributed by atoms with Gasteiger partial charge in [0, 0.05) is 11.3 Å². The van der Waals surface area contributed by atoms with Crippen molar-refractivity contribution in [2.45, 2.75) is 19.8 Å². The van der Waals surface area contributed by atoms with Gasteiger partial charge in [-0.3, -0.25) is 24.1 Å². The number of hydrogen-bond acceptors (Lipinski definition) is 4. The summed E-state index contributed by atoms with van der Waals surface area (Å²) >= 11 is 0. The molecule has 1 aliphatic carbocycles. The average Bonchev–Trinajstić information content (AvgIpc) is 2.80. The van der Waals surface area contributed by atoms with Gasteiger partial charge in [0.2, 0.25) is 17.7 Å². The first kappa shape index (κ1) is 16.1. The number of ketones is 1. The van der Waals surface area contributed by atoms with E-state index in [-0.39, 0.29) is 36.0 Å². The number of likely N-dealkylation sites (tertiary alicyclic amines) is 1. The highest BCUT2D eigenvalue weighted by Gasteiger charge is 2.47. The molecular weight excluding hydrogens is 308 g/mol. The van der Waals surface area contributed by atoms with E-state index in [0.29, 0.717) is 24.1 Å². The first-order valence-electron chi connectivity index (χ1n) is 7.88. The molecule has 1 N–H and O–H groups in total. The first-order chi connectivity index (χ1) is 11.5. The van der Waals surface area contributed by atoms with Crippen LogP contribution in [0.25, 0.3) is 0 Å². The lowest BCUT2D eigenvalue weighted by Gasteiger charge is -2.14. The Morgan fingerprint density at radius 2 is 1.75 bits per heavy atom. The Morgan fingerprint density at radius 1 is 1.12 bits per heavy atom. The predicted molar refractivity (Wildman–Crippen MR) is 87.2 cm³/mol. The molecule has 124 valence electrons. The van der Waals surface area contributed by atoms with E-state index in [4.69, 9.17) is 0 Å². The number of allylic oxidation sites excluding steroid dienone is 2. The van der Waals surface area contributed by atoms with Gasteiger partial charge in [-0.1, -0.05) is 24.3 Å². The number of fused-ring (bicyclic) bond motifs is 1. The maximum Gasteiger partial charge on any atom is 0.244 e. The quantitative estimate of drug-likeness (QED) is 0.519. The van der Waals surface area contributed by atoms with E-state index in [1.807, 2.05) is 12.2 Å². The highest BCUT2D eigenvalue weighted by atomic mass is 16.2. The number of rotatable bonds is 4. The standard InChI is InChI=1S/C18H18N2O4/c1-11(21)12-5-4-6-13(9-12)19-16(22)10-20-17(23)14-7-2-3-8-15(14)18(20)24/h2-6,9,14-15H,7-8,10H2,1H3,(H,19,22)/t14-,15-/m0/s1. The minimum absolute atomic E-state index is 0.104. The molecule has 0 saturated carbocycles. The third-order valence-electron chi connectivity index (χ3n) is 4.45. The highest BCUT2D eigenvalue weighted by Crippen LogP contribution is 2.34. The molecule has 0 bridgehead atoms. The number of nitrogens with one attached hydrogen (secondary N) is 1. The van der Waals surface area contributed by atoms with E-state index < -0.39 is 5.91 Å². The summed E-state index contributed by atoms with van der Waals surface area (Å²) in [6, 6.07) is 6.54. The fourth-order valence-corrected chi connectivity index (χ4v) is 3.18. The summed E-state index contributed by atoms with van der Waals surface area (Å²) in [5.74, 6) is -1.78. The lowest BCUT2D eigenvalue weighted by Crippen LogP contribution is -2.38. The molecule has 2 aliphatic rings. The van der Waals surface area contributed by atoms with E-state index >= 15 is 0 Å². The van der Waals surface area contributed by atoms with Gasteiger partial charge < -0.3 is 5.32 Å². The van der Waals surface area contributed by atoms with Crippen molar-refractivity contribution in [1.29, 1.82) is 0 Å². The maximum absolute atomic E-state index is 12.3. The van der Waals surface area contributed by atoms with Crippen molar-refractivity contribution < 1.29 is 19.2 Å². The predicted octanol–water partition coefficient (Wildman–Crippen LogP) is 1.78. The monoisotopic (exact) mass is 326 g/mol. The molecule has 1 aliphatic heterocycles. The average molecular weight is 326 g/mol. The van der Waals surface area contributed by atoms with Gasteiger partial charge in [0.15, 0.2) is 5.78 Å². The second-order valence-electron chi connectivity index (χ2n) is 6.10. The zero-order valence-electron chi connectivity index (χ0n) is 13.3. The topological polar surface area (TPSA) is 83.6 Å². The minimum atomic E-state index is -0.455. The molecule has 1 fully saturated rings. The summed E-state index contributed by atoms with van der Waals surface area (Å²) in [6.07, 6.45) is 4.91. The molecule has 6 nitrogen and oxygen atoms in total. The molecule has 3 rings (SSSR count). The largest absolute Gasteiger partial charge is 0.325 e. The Morgan fingerprint density at radius 3 is 2.33 bits per heavy atom. The van der Waals surface area contributed by atoms with E-state index in [9.17, 15) is 19.2 Å². The van der Waals surface area contributed by atoms with Crippen molar-refractivity contribution in [1.82, 2.24) is 4.90 Å². The highest BCUT2D eigenvalue weighted by molar-refractivity contribution is 6.09. The van der Waals surface area contributed by atoms with Crippen LogP contribution < -0.4 is 5.32 Å². The van der Waals surface area contributed by atoms with Crippen LogP contribution >= 0.6 is 0 Å². The molecule has 0 spiro atoms. The third-order valence-corrected chi connectivity index (χ3v) is 4.45. The van der Waals surface area contributed by atoms with Crippen LogP contribution in [0.4, 0.5) is 5.69 Å². The van der Waals surface area contributed by atoms with Gasteiger partial charge in [-0.05, 0) is 31.9 Å². The number of Topliss-reactive ketones (excluding diaryl/α,β-unsaturated/α-hetero) is 1. The van der Waals surface area contributed by atoms with Crippen LogP contribution in [0.5, 0.6) is 0 Å². The molecule has 0 unspecified atom stereocenters. The van der Waals surface area contributed by atoms with Crippen LogP contribution in [-0.2, 0) is 14.4 Å². The molecule has 0 aromatic heterocycles. The fraction of sp³-hybridized carbons (Fsp3) is 0.333. The zero-order valence-corrected chi connectivity index (χ0v) is 13.3. The van der Waals surface area contributed by atoms with Crippen LogP contribution in [0.2, 0.25) is 0 Å². The van der Waals surface area contributed by atoms with Crippen molar-refractivity contribution in [2.24, 2.45) is 11.8 Å². The van der Waals surface area contributed by atoms with E-state index in [1.54, 1.807) is 24.3 Å². The molecule has 6 heteroatoms. The number of anilines is 1. The van der Waals surface area contributed by atoms with Crippen LogP contribution in [-0.4, -0.2) is 34.9 Å². The van der Waals surface area contributed by atoms with Crippen molar-refractivity contribution in [3.63, 3.8) is 0 Å². The number of carbonyl (C=O) groups is 4. The Labute approximate surface area is 139 Å². The van der Waals surface area contributed by atoms with Crippen molar-refractivity contribution in [3.05, 3.63) is 42.0 Å². The summed E-state index contributed by atoms with van der Waals surface area (Å²) in [5.41, 5.74) is 0.948. The number of amides is 3. The normalized spacial score (nSPS) is 22.5. The second kappa shape index (κ2) is 6.39. The smallest absolute Gasteiger partial charge is 0.244 e. The van der Waals surface area contributed by atoms with Crippen LogP contribution in [0.15, 0.2) is 36.4 Å². The van der Waals surface area contributed by atoms with Gasteiger partial charge >= 0.3 is 0 Å². The molecule has 1 saturated heterocycles. The lowest BCUT2D eigenvalue weighted by molar-refractivity contribution is -0.142. The number of nitrogens with zero attached hydrogens (tertiary/aromatic N) is 1. The Balaban J connectivity index is 1.67. The molecular formula is C18H18N2O4. The SMILES string of the molecule is CC(=O)c1cccc(NC(=O)CN2C(=O)[C@H]3CC=CC[C@@H]3C2=O)c1. The van der Waals surface area contributed by atoms with Crippen LogP contribution in [0.1, 0.15) is 30.1 Å². The van der Waals surface area contributed by atoms with E-state index in [2.05, 4.69) is 5.32 Å². The van der Waals surface area contributed by atoms with Gasteiger partial charge in [0.25, 0.3) is 0 Å². The fourth-order valence-electron chi connectivity index (χ4n) is 3.18. The van der Waals surface area contributed by atoms with Crippen LogP contribution in [0, 0.1) is 11.8 Å². The summed E-state index contributed by atoms with van der Waals surface area (Å²) in [7, 11) is 0. The number of carbonyl (C=O) groups excluding carboxylic acids is 4. The number of imide groups is 1. The summed E-state index contributed by atoms with van der Waals surface area (Å²) < 4.78 is 0. The molecule has 3 amide bonds. The molecule has 1 aromatic rings. The Bertz CT molecular complexity index is 727. The van der Waals surface area contributed by atoms with Gasteiger partial charge in [-0.15, -0.1) is 0 Å². The summed E-state index contributed by atoms with van der Waals surface area (Å²) in [4.78, 5) is 49.3. The Kier molecular flexibility index (Phi) is 4.29. The van der Waals surface area contributed by atoms with Gasteiger partial charge in [0.1, 0.15) is 6.54 Å². The van der Waals surface area contributed by atoms with Gasteiger partial charge in [-0.2, -0.15) is 0 Å². The second-order valence-corrected chi connectivity index (χ2v) is 6.10. The number of hydrogen-bond donors (Lipinski definition) is 1.